The van der Waals surface area contributed by atoms with E-state index >= 15 is 0 Å². The maximum atomic E-state index is 13.0. The lowest BCUT2D eigenvalue weighted by Gasteiger charge is -2.34. The van der Waals surface area contributed by atoms with Crippen molar-refractivity contribution in [3.05, 3.63) is 50.0 Å². The molecule has 0 N–H and O–H groups in total. The Balaban J connectivity index is 1.46. The van der Waals surface area contributed by atoms with Crippen LogP contribution in [0.3, 0.4) is 0 Å². The van der Waals surface area contributed by atoms with Gasteiger partial charge in [-0.2, -0.15) is 0 Å². The molecule has 0 spiro atoms. The van der Waals surface area contributed by atoms with Gasteiger partial charge in [0.05, 0.1) is 26.8 Å². The second-order valence-electron chi connectivity index (χ2n) is 7.73. The van der Waals surface area contributed by atoms with Crippen LogP contribution >= 0.6 is 69.6 Å². The molecule has 0 radical (unpaired) electrons. The monoisotopic (exact) mass is 588 g/mol. The number of nitro benzene ring substituents is 1. The van der Waals surface area contributed by atoms with Crippen molar-refractivity contribution in [3.63, 3.8) is 0 Å². The number of ether oxygens (including phenoxy) is 1. The highest BCUT2D eigenvalue weighted by Gasteiger charge is 2.87. The van der Waals surface area contributed by atoms with Crippen LogP contribution in [0.25, 0.3) is 0 Å². The highest BCUT2D eigenvalue weighted by molar-refractivity contribution is 6.66. The Kier molecular flexibility index (Phi) is 6.15. The normalized spacial score (nSPS) is 31.2. The Hall–Kier alpha value is -1.62. The molecule has 15 heteroatoms. The van der Waals surface area contributed by atoms with Crippen LogP contribution in [0.1, 0.15) is 10.4 Å². The number of carbonyl (C=O) groups is 4. The molecular formula is C19H10Cl6N2O7. The molecule has 1 aromatic carbocycles. The van der Waals surface area contributed by atoms with Gasteiger partial charge in [0.25, 0.3) is 5.69 Å². The summed E-state index contributed by atoms with van der Waals surface area (Å²) < 4.78 is 2.77. The first kappa shape index (κ1) is 25.5. The molecule has 0 aromatic heterocycles. The number of benzene rings is 1. The Morgan fingerprint density at radius 2 is 1.44 bits per heavy atom. The smallest absolute Gasteiger partial charge is 0.326 e. The van der Waals surface area contributed by atoms with Crippen molar-refractivity contribution in [2.75, 3.05) is 13.2 Å². The van der Waals surface area contributed by atoms with E-state index in [1.54, 1.807) is 0 Å². The Labute approximate surface area is 220 Å². The summed E-state index contributed by atoms with van der Waals surface area (Å²) >= 11 is 38.2. The zero-order chi connectivity index (χ0) is 25.4. The van der Waals surface area contributed by atoms with E-state index in [2.05, 4.69) is 0 Å². The topological polar surface area (TPSA) is 124 Å². The minimum atomic E-state index is -2.10. The number of allylic oxidation sites excluding steroid dienone is 2. The fourth-order valence-corrected chi connectivity index (χ4v) is 7.31. The summed E-state index contributed by atoms with van der Waals surface area (Å²) in [5.74, 6) is -6.33. The summed E-state index contributed by atoms with van der Waals surface area (Å²) in [5.41, 5.74) is -0.164. The zero-order valence-electron chi connectivity index (χ0n) is 16.4. The van der Waals surface area contributed by atoms with Gasteiger partial charge >= 0.3 is 5.97 Å². The number of hydrogen-bond acceptors (Lipinski definition) is 7. The van der Waals surface area contributed by atoms with Crippen LogP contribution in [-0.4, -0.2) is 60.6 Å². The third-order valence-corrected chi connectivity index (χ3v) is 10.3. The predicted molar refractivity (Wildman–Crippen MR) is 122 cm³/mol. The standard InChI is InChI=1S/C19H10Cl6N2O7/c20-13-14(21)18(23)12-11(17(13,22)19(18,24)25)15(30)26(16(12)31)5-10(29)34-6-9(28)7-1-3-8(4-2-7)27(32)33/h1-4,11-12H,5-6H2/t11-,12+,17-,18-/m0/s1. The molecule has 4 rings (SSSR count). The molecule has 2 bridgehead atoms. The number of fused-ring (bicyclic) bond motifs is 5. The lowest BCUT2D eigenvalue weighted by Crippen LogP contribution is -2.50. The summed E-state index contributed by atoms with van der Waals surface area (Å²) in [4.78, 5) is 57.2. The van der Waals surface area contributed by atoms with Crippen molar-refractivity contribution >= 4 is 98.9 Å². The number of hydrogen-bond donors (Lipinski definition) is 0. The second kappa shape index (κ2) is 8.21. The summed E-state index contributed by atoms with van der Waals surface area (Å²) in [5, 5.41) is 10.2. The van der Waals surface area contributed by atoms with Gasteiger partial charge in [-0.25, -0.2) is 0 Å². The molecular weight excluding hydrogens is 581 g/mol. The molecule has 1 saturated heterocycles. The number of likely N-dealkylation sites (tertiary alicyclic amines) is 1. The SMILES string of the molecule is O=C(CN1C(=O)[C@@H]2[C@H](C1=O)[C@]1(Cl)C(Cl)=C(Cl)[C@]2(Cl)C1(Cl)Cl)OCC(=O)c1ccc([N+](=O)[O-])cc1. The van der Waals surface area contributed by atoms with Gasteiger partial charge in [-0.05, 0) is 12.1 Å². The van der Waals surface area contributed by atoms with Crippen molar-refractivity contribution in [3.8, 4) is 0 Å². The van der Waals surface area contributed by atoms with Crippen LogP contribution < -0.4 is 0 Å². The second-order valence-corrected chi connectivity index (χ2v) is 11.0. The highest BCUT2D eigenvalue weighted by atomic mass is 35.5. The van der Waals surface area contributed by atoms with Gasteiger partial charge in [0.2, 0.25) is 11.8 Å². The van der Waals surface area contributed by atoms with E-state index < -0.39 is 67.6 Å². The summed E-state index contributed by atoms with van der Waals surface area (Å²) in [6, 6.07) is 4.63. The van der Waals surface area contributed by atoms with Gasteiger partial charge in [0, 0.05) is 17.7 Å². The van der Waals surface area contributed by atoms with E-state index in [-0.39, 0.29) is 21.3 Å². The minimum Gasteiger partial charge on any atom is -0.456 e. The Bertz CT molecular complexity index is 1160. The molecule has 1 saturated carbocycles. The number of ketones is 1. The molecule has 1 aromatic rings. The largest absolute Gasteiger partial charge is 0.456 e. The average Bonchev–Trinajstić information content (AvgIpc) is 3.16. The molecule has 3 aliphatic rings. The molecule has 0 unspecified atom stereocenters. The average molecular weight is 591 g/mol. The fraction of sp³-hybridized carbons (Fsp3) is 0.368. The number of halogens is 6. The van der Waals surface area contributed by atoms with Crippen LogP contribution in [0.5, 0.6) is 0 Å². The van der Waals surface area contributed by atoms with Crippen molar-refractivity contribution < 1.29 is 28.8 Å². The van der Waals surface area contributed by atoms with Gasteiger partial charge < -0.3 is 4.74 Å². The molecule has 2 amide bonds. The number of carbonyl (C=O) groups excluding carboxylic acids is 4. The molecule has 4 atom stereocenters. The number of imide groups is 1. The Morgan fingerprint density at radius 3 is 1.88 bits per heavy atom. The lowest BCUT2D eigenvalue weighted by molar-refractivity contribution is -0.384. The first-order valence-corrected chi connectivity index (χ1v) is 11.6. The Morgan fingerprint density at radius 1 is 0.971 bits per heavy atom. The molecule has 1 aliphatic heterocycles. The number of amides is 2. The number of rotatable bonds is 6. The van der Waals surface area contributed by atoms with Gasteiger partial charge in [0.15, 0.2) is 16.7 Å². The van der Waals surface area contributed by atoms with Crippen molar-refractivity contribution in [2.24, 2.45) is 11.8 Å². The molecule has 180 valence electrons. The first-order valence-electron chi connectivity index (χ1n) is 9.31. The first-order chi connectivity index (χ1) is 15.7. The summed E-state index contributed by atoms with van der Waals surface area (Å²) in [6.07, 6.45) is 0. The highest BCUT2D eigenvalue weighted by Crippen LogP contribution is 2.77. The van der Waals surface area contributed by atoms with E-state index in [4.69, 9.17) is 74.3 Å². The number of Topliss-reactive ketones (excluding diaryl/α,β-unsaturated/α-hetero) is 1. The van der Waals surface area contributed by atoms with Crippen LogP contribution in [0.2, 0.25) is 0 Å². The molecule has 2 aliphatic carbocycles. The predicted octanol–water partition coefficient (Wildman–Crippen LogP) is 3.77. The number of alkyl halides is 4. The van der Waals surface area contributed by atoms with Crippen LogP contribution in [-0.2, 0) is 19.1 Å². The maximum absolute atomic E-state index is 13.0. The van der Waals surface area contributed by atoms with Crippen LogP contribution in [0, 0.1) is 22.0 Å². The maximum Gasteiger partial charge on any atom is 0.326 e. The van der Waals surface area contributed by atoms with Gasteiger partial charge in [0.1, 0.15) is 16.3 Å². The van der Waals surface area contributed by atoms with Gasteiger partial charge in [-0.1, -0.05) is 46.4 Å². The zero-order valence-corrected chi connectivity index (χ0v) is 20.9. The third-order valence-electron chi connectivity index (χ3n) is 6.05. The van der Waals surface area contributed by atoms with Crippen LogP contribution in [0.15, 0.2) is 34.3 Å². The van der Waals surface area contributed by atoms with E-state index in [1.165, 1.54) is 12.1 Å². The van der Waals surface area contributed by atoms with Gasteiger partial charge in [-0.15, -0.1) is 23.2 Å². The third kappa shape index (κ3) is 3.14. The van der Waals surface area contributed by atoms with Crippen molar-refractivity contribution in [2.45, 2.75) is 14.1 Å². The number of non-ortho nitro benzene ring substituents is 1. The van der Waals surface area contributed by atoms with Gasteiger partial charge in [-0.3, -0.25) is 34.2 Å². The summed E-state index contributed by atoms with van der Waals surface area (Å²) in [7, 11) is 0. The number of nitro groups is 1. The van der Waals surface area contributed by atoms with Crippen molar-refractivity contribution in [1.82, 2.24) is 4.90 Å². The van der Waals surface area contributed by atoms with E-state index in [0.29, 0.717) is 4.90 Å². The van der Waals surface area contributed by atoms with E-state index in [1.807, 2.05) is 0 Å². The molecule has 1 heterocycles. The molecule has 9 nitrogen and oxygen atoms in total. The minimum absolute atomic E-state index is 0.0573. The quantitative estimate of drug-likeness (QED) is 0.123. The number of esters is 1. The fourth-order valence-electron chi connectivity index (χ4n) is 4.38. The molecule has 2 fully saturated rings. The van der Waals surface area contributed by atoms with Crippen LogP contribution in [0.4, 0.5) is 5.69 Å². The van der Waals surface area contributed by atoms with E-state index in [0.717, 1.165) is 12.1 Å². The lowest BCUT2D eigenvalue weighted by atomic mass is 9.84. The molecule has 34 heavy (non-hydrogen) atoms. The van der Waals surface area contributed by atoms with Crippen molar-refractivity contribution in [1.29, 1.82) is 0 Å². The van der Waals surface area contributed by atoms with E-state index in [9.17, 15) is 29.3 Å². The summed E-state index contributed by atoms with van der Waals surface area (Å²) in [6.45, 7) is -1.57. The number of nitrogens with zero attached hydrogens (tertiary/aromatic N) is 2.